The lowest BCUT2D eigenvalue weighted by Gasteiger charge is -2.10. The quantitative estimate of drug-likeness (QED) is 0.555. The molecule has 3 aromatic rings. The minimum absolute atomic E-state index is 0.0108. The third kappa shape index (κ3) is 3.20. The Hall–Kier alpha value is -2.74. The van der Waals surface area contributed by atoms with Gasteiger partial charge in [0.1, 0.15) is 17.3 Å². The summed E-state index contributed by atoms with van der Waals surface area (Å²) in [6.07, 6.45) is -5.09. The van der Waals surface area contributed by atoms with Crippen molar-refractivity contribution >= 4 is 28.5 Å². The van der Waals surface area contributed by atoms with Crippen molar-refractivity contribution in [2.75, 3.05) is 0 Å². The van der Waals surface area contributed by atoms with Gasteiger partial charge in [-0.25, -0.2) is 9.18 Å². The molecule has 2 aromatic carbocycles. The molecule has 0 amide bonds. The van der Waals surface area contributed by atoms with E-state index in [9.17, 15) is 32.6 Å². The van der Waals surface area contributed by atoms with E-state index in [-0.39, 0.29) is 34.0 Å². The summed E-state index contributed by atoms with van der Waals surface area (Å²) in [5.74, 6) is -3.04. The second-order valence-corrected chi connectivity index (χ2v) is 6.03. The number of fused-ring (bicyclic) bond motifs is 1. The number of rotatable bonds is 3. The van der Waals surface area contributed by atoms with Crippen LogP contribution in [-0.2, 0) is 12.6 Å². The number of nitrogens with one attached hydrogen (secondary N) is 1. The third-order valence-electron chi connectivity index (χ3n) is 3.90. The summed E-state index contributed by atoms with van der Waals surface area (Å²) in [7, 11) is 0. The van der Waals surface area contributed by atoms with Crippen molar-refractivity contribution in [2.45, 2.75) is 12.6 Å². The van der Waals surface area contributed by atoms with Gasteiger partial charge in [-0.1, -0.05) is 17.7 Å². The smallest absolute Gasteiger partial charge is 0.419 e. The molecule has 4 nitrogen and oxygen atoms in total. The molecule has 0 bridgehead atoms. The molecular formula is C17H10ClF4NO3. The molecule has 3 rings (SSSR count). The number of aromatic nitrogens is 1. The first-order chi connectivity index (χ1) is 12.1. The predicted molar refractivity (Wildman–Crippen MR) is 86.1 cm³/mol. The summed E-state index contributed by atoms with van der Waals surface area (Å²) >= 11 is 5.79. The summed E-state index contributed by atoms with van der Waals surface area (Å²) < 4.78 is 52.1. The lowest BCUT2D eigenvalue weighted by molar-refractivity contribution is -0.140. The SMILES string of the molecule is O=C(O)c1[nH]c2cc(Cl)c(O)cc2c1Cc1ccc(F)c(C(F)(F)F)c1. The number of aromatic amines is 1. The fraction of sp³-hybridized carbons (Fsp3) is 0.118. The number of carboxylic acid groups (broad SMARTS) is 1. The molecule has 0 fully saturated rings. The number of phenols is 1. The van der Waals surface area contributed by atoms with Crippen LogP contribution in [0.4, 0.5) is 17.6 Å². The lowest BCUT2D eigenvalue weighted by Crippen LogP contribution is -2.09. The van der Waals surface area contributed by atoms with Crippen molar-refractivity contribution in [1.29, 1.82) is 0 Å². The number of hydrogen-bond acceptors (Lipinski definition) is 2. The first-order valence-corrected chi connectivity index (χ1v) is 7.57. The maximum absolute atomic E-state index is 13.4. The number of hydrogen-bond donors (Lipinski definition) is 3. The van der Waals surface area contributed by atoms with Crippen molar-refractivity contribution in [3.05, 3.63) is 63.6 Å². The van der Waals surface area contributed by atoms with Crippen molar-refractivity contribution in [1.82, 2.24) is 4.98 Å². The molecule has 0 aliphatic rings. The van der Waals surface area contributed by atoms with Crippen molar-refractivity contribution in [3.8, 4) is 5.75 Å². The summed E-state index contributed by atoms with van der Waals surface area (Å²) in [6.45, 7) is 0. The minimum Gasteiger partial charge on any atom is -0.506 e. The van der Waals surface area contributed by atoms with E-state index in [0.717, 1.165) is 6.07 Å². The highest BCUT2D eigenvalue weighted by molar-refractivity contribution is 6.32. The van der Waals surface area contributed by atoms with Crippen LogP contribution in [0.2, 0.25) is 5.02 Å². The molecule has 0 unspecified atom stereocenters. The van der Waals surface area contributed by atoms with E-state index in [1.807, 2.05) is 0 Å². The number of alkyl halides is 3. The van der Waals surface area contributed by atoms with E-state index in [0.29, 0.717) is 23.0 Å². The Morgan fingerprint density at radius 3 is 2.50 bits per heavy atom. The van der Waals surface area contributed by atoms with E-state index in [1.54, 1.807) is 0 Å². The first-order valence-electron chi connectivity index (χ1n) is 7.20. The zero-order valence-corrected chi connectivity index (χ0v) is 13.5. The molecule has 0 aliphatic carbocycles. The van der Waals surface area contributed by atoms with Crippen molar-refractivity contribution in [3.63, 3.8) is 0 Å². The Bertz CT molecular complexity index is 1030. The summed E-state index contributed by atoms with van der Waals surface area (Å²) in [5.41, 5.74) is -1.16. The van der Waals surface area contributed by atoms with Crippen LogP contribution in [0.1, 0.15) is 27.2 Å². The van der Waals surface area contributed by atoms with Gasteiger partial charge in [0.2, 0.25) is 0 Å². The number of phenolic OH excluding ortho intramolecular Hbond substituents is 1. The lowest BCUT2D eigenvalue weighted by atomic mass is 9.99. The maximum atomic E-state index is 13.4. The predicted octanol–water partition coefficient (Wildman–Crippen LogP) is 4.97. The number of carbonyl (C=O) groups is 1. The molecule has 136 valence electrons. The van der Waals surface area contributed by atoms with Crippen LogP contribution in [0.25, 0.3) is 10.9 Å². The number of halogens is 5. The van der Waals surface area contributed by atoms with E-state index in [1.165, 1.54) is 12.1 Å². The van der Waals surface area contributed by atoms with Crippen LogP contribution in [0.5, 0.6) is 5.75 Å². The topological polar surface area (TPSA) is 73.3 Å². The van der Waals surface area contributed by atoms with Crippen LogP contribution in [0.15, 0.2) is 30.3 Å². The molecule has 3 N–H and O–H groups in total. The molecule has 1 aromatic heterocycles. The Labute approximate surface area is 148 Å². The fourth-order valence-electron chi connectivity index (χ4n) is 2.73. The van der Waals surface area contributed by atoms with Gasteiger partial charge in [0.05, 0.1) is 10.6 Å². The normalized spacial score (nSPS) is 11.9. The van der Waals surface area contributed by atoms with Gasteiger partial charge in [-0.05, 0) is 35.4 Å². The summed E-state index contributed by atoms with van der Waals surface area (Å²) in [6, 6.07) is 5.00. The van der Waals surface area contributed by atoms with E-state index >= 15 is 0 Å². The summed E-state index contributed by atoms with van der Waals surface area (Å²) in [4.78, 5) is 14.1. The minimum atomic E-state index is -4.87. The standard InChI is InChI=1S/C17H10ClF4NO3/c18-11-6-13-8(5-14(11)24)9(15(23-13)16(25)26)3-7-1-2-12(19)10(4-7)17(20,21)22/h1-2,4-6,23-24H,3H2,(H,25,26). The van der Waals surface area contributed by atoms with E-state index in [4.69, 9.17) is 11.6 Å². The largest absolute Gasteiger partial charge is 0.506 e. The van der Waals surface area contributed by atoms with Crippen LogP contribution in [-0.4, -0.2) is 21.2 Å². The molecule has 1 heterocycles. The maximum Gasteiger partial charge on any atom is 0.419 e. The number of carboxylic acids is 1. The van der Waals surface area contributed by atoms with Gasteiger partial charge in [-0.3, -0.25) is 0 Å². The van der Waals surface area contributed by atoms with Crippen LogP contribution in [0.3, 0.4) is 0 Å². The number of aromatic hydroxyl groups is 1. The monoisotopic (exact) mass is 387 g/mol. The number of benzene rings is 2. The average molecular weight is 388 g/mol. The van der Waals surface area contributed by atoms with Crippen LogP contribution in [0, 0.1) is 5.82 Å². The molecule has 26 heavy (non-hydrogen) atoms. The number of H-pyrrole nitrogens is 1. The van der Waals surface area contributed by atoms with Gasteiger partial charge in [-0.15, -0.1) is 0 Å². The molecule has 0 saturated carbocycles. The highest BCUT2D eigenvalue weighted by Crippen LogP contribution is 2.35. The van der Waals surface area contributed by atoms with Crippen molar-refractivity contribution < 1.29 is 32.6 Å². The molecular weight excluding hydrogens is 378 g/mol. The first kappa shape index (κ1) is 18.1. The Kier molecular flexibility index (Phi) is 4.31. The zero-order chi connectivity index (χ0) is 19.2. The summed E-state index contributed by atoms with van der Waals surface area (Å²) in [5, 5.41) is 19.4. The molecule has 0 radical (unpaired) electrons. The van der Waals surface area contributed by atoms with Gasteiger partial charge < -0.3 is 15.2 Å². The highest BCUT2D eigenvalue weighted by Gasteiger charge is 2.34. The highest BCUT2D eigenvalue weighted by atomic mass is 35.5. The zero-order valence-electron chi connectivity index (χ0n) is 12.8. The molecule has 0 spiro atoms. The molecule has 0 atom stereocenters. The van der Waals surface area contributed by atoms with Gasteiger partial charge in [0.25, 0.3) is 0 Å². The molecule has 0 aliphatic heterocycles. The average Bonchev–Trinajstić information content (AvgIpc) is 2.86. The van der Waals surface area contributed by atoms with Crippen LogP contribution >= 0.6 is 11.6 Å². The van der Waals surface area contributed by atoms with Crippen molar-refractivity contribution in [2.24, 2.45) is 0 Å². The van der Waals surface area contributed by atoms with Gasteiger partial charge in [0, 0.05) is 17.3 Å². The Morgan fingerprint density at radius 2 is 1.88 bits per heavy atom. The van der Waals surface area contributed by atoms with Gasteiger partial charge in [-0.2, -0.15) is 13.2 Å². The Morgan fingerprint density at radius 1 is 1.19 bits per heavy atom. The van der Waals surface area contributed by atoms with Crippen LogP contribution < -0.4 is 0 Å². The van der Waals surface area contributed by atoms with E-state index in [2.05, 4.69) is 4.98 Å². The molecule has 9 heteroatoms. The van der Waals surface area contributed by atoms with Gasteiger partial charge in [0.15, 0.2) is 0 Å². The van der Waals surface area contributed by atoms with Gasteiger partial charge >= 0.3 is 12.1 Å². The second kappa shape index (κ2) is 6.21. The molecule has 0 saturated heterocycles. The fourth-order valence-corrected chi connectivity index (χ4v) is 2.89. The number of aromatic carboxylic acids is 1. The second-order valence-electron chi connectivity index (χ2n) is 5.62. The Balaban J connectivity index is 2.16. The third-order valence-corrected chi connectivity index (χ3v) is 4.21. The van der Waals surface area contributed by atoms with E-state index < -0.39 is 23.5 Å².